The van der Waals surface area contributed by atoms with Crippen molar-refractivity contribution in [2.45, 2.75) is 39.2 Å². The standard InChI is InChI=1S/C18H27N5O3/c1-11-15(17(25)20-12(2)19-11)7-16(24)23-9-13-5-6-14(23)10-22(8-13)18(26)21(3)4/h13-14H,5-10H2,1-4H3,(H,19,20,25)/t13-,14+/m0/s1. The molecule has 4 rings (SSSR count). The number of carbonyl (C=O) groups is 2. The minimum Gasteiger partial charge on any atom is -0.337 e. The van der Waals surface area contributed by atoms with Crippen LogP contribution in [0.2, 0.25) is 0 Å². The van der Waals surface area contributed by atoms with Crippen LogP contribution in [0.1, 0.15) is 29.9 Å². The van der Waals surface area contributed by atoms with Gasteiger partial charge >= 0.3 is 6.03 Å². The highest BCUT2D eigenvalue weighted by Gasteiger charge is 2.39. The van der Waals surface area contributed by atoms with E-state index in [9.17, 15) is 14.4 Å². The number of urea groups is 1. The van der Waals surface area contributed by atoms with Crippen LogP contribution in [-0.2, 0) is 11.2 Å². The smallest absolute Gasteiger partial charge is 0.319 e. The lowest BCUT2D eigenvalue weighted by Crippen LogP contribution is -2.49. The lowest BCUT2D eigenvalue weighted by molar-refractivity contribution is -0.134. The van der Waals surface area contributed by atoms with Gasteiger partial charge in [0.25, 0.3) is 5.56 Å². The number of aryl methyl sites for hydroxylation is 2. The number of nitrogens with zero attached hydrogens (tertiary/aromatic N) is 4. The van der Waals surface area contributed by atoms with Crippen LogP contribution in [0, 0.1) is 19.8 Å². The lowest BCUT2D eigenvalue weighted by Gasteiger charge is -2.36. The number of aromatic amines is 1. The highest BCUT2D eigenvalue weighted by molar-refractivity contribution is 5.80. The van der Waals surface area contributed by atoms with Crippen molar-refractivity contribution < 1.29 is 9.59 Å². The summed E-state index contributed by atoms with van der Waals surface area (Å²) in [6, 6.07) is 0.00849. The second-order valence-electron chi connectivity index (χ2n) is 7.62. The third-order valence-corrected chi connectivity index (χ3v) is 5.36. The number of nitrogens with one attached hydrogen (secondary N) is 1. The zero-order valence-electron chi connectivity index (χ0n) is 15.9. The van der Waals surface area contributed by atoms with Crippen molar-refractivity contribution in [3.8, 4) is 0 Å². The molecule has 0 saturated carbocycles. The van der Waals surface area contributed by atoms with Gasteiger partial charge in [-0.1, -0.05) is 0 Å². The number of aromatic nitrogens is 2. The van der Waals surface area contributed by atoms with Gasteiger partial charge in [-0.05, 0) is 32.6 Å². The minimum atomic E-state index is -0.243. The summed E-state index contributed by atoms with van der Waals surface area (Å²) >= 11 is 0. The zero-order valence-corrected chi connectivity index (χ0v) is 15.9. The van der Waals surface area contributed by atoms with Crippen LogP contribution in [0.5, 0.6) is 0 Å². The molecule has 3 amide bonds. The molecule has 0 radical (unpaired) electrons. The van der Waals surface area contributed by atoms with Gasteiger partial charge in [-0.25, -0.2) is 9.78 Å². The van der Waals surface area contributed by atoms with Gasteiger partial charge in [0.05, 0.1) is 6.42 Å². The van der Waals surface area contributed by atoms with Gasteiger partial charge < -0.3 is 19.7 Å². The third kappa shape index (κ3) is 3.59. The first-order valence-corrected chi connectivity index (χ1v) is 9.08. The average molecular weight is 361 g/mol. The summed E-state index contributed by atoms with van der Waals surface area (Å²) in [6.07, 6.45) is 1.98. The molecule has 142 valence electrons. The maximum atomic E-state index is 12.9. The monoisotopic (exact) mass is 361 g/mol. The predicted octanol–water partition coefficient (Wildman–Crippen LogP) is 0.534. The number of fused-ring (bicyclic) bond motifs is 4. The van der Waals surface area contributed by atoms with E-state index in [0.29, 0.717) is 36.7 Å². The zero-order chi connectivity index (χ0) is 19.0. The summed E-state index contributed by atoms with van der Waals surface area (Å²) in [7, 11) is 3.50. The van der Waals surface area contributed by atoms with Crippen LogP contribution in [0.3, 0.4) is 0 Å². The van der Waals surface area contributed by atoms with Crippen molar-refractivity contribution in [2.24, 2.45) is 5.92 Å². The molecule has 0 aromatic carbocycles. The molecule has 1 aromatic heterocycles. The van der Waals surface area contributed by atoms with Gasteiger partial charge in [-0.3, -0.25) is 9.59 Å². The molecule has 1 N–H and O–H groups in total. The maximum Gasteiger partial charge on any atom is 0.319 e. The molecule has 8 heteroatoms. The van der Waals surface area contributed by atoms with Crippen molar-refractivity contribution in [3.05, 3.63) is 27.4 Å². The van der Waals surface area contributed by atoms with E-state index in [4.69, 9.17) is 0 Å². The Morgan fingerprint density at radius 1 is 1.19 bits per heavy atom. The minimum absolute atomic E-state index is 0.00813. The van der Waals surface area contributed by atoms with Crippen LogP contribution >= 0.6 is 0 Å². The summed E-state index contributed by atoms with van der Waals surface area (Å²) in [6.45, 7) is 5.38. The number of amides is 3. The summed E-state index contributed by atoms with van der Waals surface area (Å²) in [5, 5.41) is 0. The predicted molar refractivity (Wildman–Crippen MR) is 96.9 cm³/mol. The number of rotatable bonds is 2. The number of piperidine rings is 1. The number of hydrogen-bond donors (Lipinski definition) is 1. The molecule has 0 aliphatic carbocycles. The number of carbonyl (C=O) groups excluding carboxylic acids is 2. The Morgan fingerprint density at radius 3 is 2.58 bits per heavy atom. The first kappa shape index (κ1) is 18.4. The first-order valence-electron chi connectivity index (χ1n) is 9.08. The largest absolute Gasteiger partial charge is 0.337 e. The molecule has 3 aliphatic heterocycles. The van der Waals surface area contributed by atoms with Crippen LogP contribution in [0.25, 0.3) is 0 Å². The van der Waals surface area contributed by atoms with E-state index in [1.807, 2.05) is 9.80 Å². The Balaban J connectivity index is 1.77. The van der Waals surface area contributed by atoms with E-state index in [0.717, 1.165) is 12.8 Å². The fraction of sp³-hybridized carbons (Fsp3) is 0.667. The van der Waals surface area contributed by atoms with Crippen molar-refractivity contribution in [1.29, 1.82) is 0 Å². The molecule has 3 fully saturated rings. The second-order valence-corrected chi connectivity index (χ2v) is 7.62. The summed E-state index contributed by atoms with van der Waals surface area (Å²) in [5.41, 5.74) is 0.790. The van der Waals surface area contributed by atoms with Gasteiger partial charge in [-0.2, -0.15) is 0 Å². The topological polar surface area (TPSA) is 89.6 Å². The van der Waals surface area contributed by atoms with Gasteiger partial charge in [0, 0.05) is 51.0 Å². The molecule has 8 nitrogen and oxygen atoms in total. The van der Waals surface area contributed by atoms with Gasteiger partial charge in [0.2, 0.25) is 5.91 Å². The van der Waals surface area contributed by atoms with Crippen LogP contribution in [-0.4, -0.2) is 76.4 Å². The van der Waals surface area contributed by atoms with Crippen LogP contribution in [0.4, 0.5) is 4.79 Å². The molecule has 0 unspecified atom stereocenters. The fourth-order valence-electron chi connectivity index (χ4n) is 4.04. The SMILES string of the molecule is Cc1nc(C)c(CC(=O)N2C[C@H]3CC[C@@H]2CN(C(=O)N(C)C)C3)c(=O)[nH]1. The molecule has 2 bridgehead atoms. The molecular weight excluding hydrogens is 334 g/mol. The van der Waals surface area contributed by atoms with Gasteiger partial charge in [-0.15, -0.1) is 0 Å². The Labute approximate surface area is 153 Å². The number of hydrogen-bond acceptors (Lipinski definition) is 4. The van der Waals surface area contributed by atoms with E-state index in [1.165, 1.54) is 0 Å². The van der Waals surface area contributed by atoms with Crippen molar-refractivity contribution >= 4 is 11.9 Å². The second kappa shape index (κ2) is 7.09. The van der Waals surface area contributed by atoms with E-state index < -0.39 is 0 Å². The molecule has 1 aromatic rings. The van der Waals surface area contributed by atoms with Crippen molar-refractivity contribution in [3.63, 3.8) is 0 Å². The van der Waals surface area contributed by atoms with E-state index in [1.54, 1.807) is 32.8 Å². The van der Waals surface area contributed by atoms with Gasteiger partial charge in [0.15, 0.2) is 0 Å². The Bertz CT molecular complexity index is 773. The quantitative estimate of drug-likeness (QED) is 0.832. The Kier molecular flexibility index (Phi) is 5.02. The van der Waals surface area contributed by atoms with Crippen LogP contribution in [0.15, 0.2) is 4.79 Å². The molecule has 2 atom stereocenters. The van der Waals surface area contributed by atoms with Crippen molar-refractivity contribution in [1.82, 2.24) is 24.7 Å². The van der Waals surface area contributed by atoms with E-state index in [2.05, 4.69) is 9.97 Å². The highest BCUT2D eigenvalue weighted by Crippen LogP contribution is 2.29. The Hall–Kier alpha value is -2.38. The summed E-state index contributed by atoms with van der Waals surface area (Å²) in [4.78, 5) is 49.7. The Morgan fingerprint density at radius 2 is 1.92 bits per heavy atom. The van der Waals surface area contributed by atoms with Crippen molar-refractivity contribution in [2.75, 3.05) is 33.7 Å². The molecular formula is C18H27N5O3. The fourth-order valence-corrected chi connectivity index (χ4v) is 4.04. The van der Waals surface area contributed by atoms with Gasteiger partial charge in [0.1, 0.15) is 5.82 Å². The first-order chi connectivity index (χ1) is 12.3. The third-order valence-electron chi connectivity index (χ3n) is 5.36. The average Bonchev–Trinajstić information content (AvgIpc) is 2.88. The van der Waals surface area contributed by atoms with Crippen LogP contribution < -0.4 is 5.56 Å². The molecule has 0 spiro atoms. The summed E-state index contributed by atoms with van der Waals surface area (Å²) in [5.74, 6) is 0.783. The normalized spacial score (nSPS) is 22.3. The molecule has 3 saturated heterocycles. The molecule has 4 heterocycles. The lowest BCUT2D eigenvalue weighted by atomic mass is 9.94. The highest BCUT2D eigenvalue weighted by atomic mass is 16.2. The van der Waals surface area contributed by atoms with E-state index in [-0.39, 0.29) is 35.9 Å². The number of H-pyrrole nitrogens is 1. The molecule has 3 aliphatic rings. The molecule has 26 heavy (non-hydrogen) atoms. The maximum absolute atomic E-state index is 12.9. The summed E-state index contributed by atoms with van der Waals surface area (Å²) < 4.78 is 0. The van der Waals surface area contributed by atoms with E-state index >= 15 is 0 Å².